The summed E-state index contributed by atoms with van der Waals surface area (Å²) < 4.78 is 26.7. The fourth-order valence-corrected chi connectivity index (χ4v) is 2.19. The molecule has 2 aromatic carbocycles. The van der Waals surface area contributed by atoms with Crippen LogP contribution in [-0.2, 0) is 4.79 Å². The zero-order chi connectivity index (χ0) is 15.4. The number of benzene rings is 2. The van der Waals surface area contributed by atoms with Crippen molar-refractivity contribution in [3.63, 3.8) is 0 Å². The average molecular weight is 331 g/mol. The van der Waals surface area contributed by atoms with Crippen LogP contribution < -0.4 is 10.6 Å². The van der Waals surface area contributed by atoms with Crippen molar-refractivity contribution < 1.29 is 13.6 Å². The molecule has 110 valence electrons. The van der Waals surface area contributed by atoms with Crippen LogP contribution in [0.1, 0.15) is 0 Å². The van der Waals surface area contributed by atoms with E-state index in [1.165, 1.54) is 24.3 Å². The summed E-state index contributed by atoms with van der Waals surface area (Å²) in [7, 11) is 0. The average Bonchev–Trinajstić information content (AvgIpc) is 2.36. The van der Waals surface area contributed by atoms with Gasteiger partial charge < -0.3 is 10.6 Å². The number of hydrogen-bond acceptors (Lipinski definition) is 2. The largest absolute Gasteiger partial charge is 0.371 e. The van der Waals surface area contributed by atoms with Crippen LogP contribution in [0.15, 0.2) is 36.4 Å². The van der Waals surface area contributed by atoms with Crippen molar-refractivity contribution in [3.05, 3.63) is 58.1 Å². The van der Waals surface area contributed by atoms with E-state index in [-0.39, 0.29) is 12.2 Å². The highest BCUT2D eigenvalue weighted by molar-refractivity contribution is 6.35. The molecule has 0 spiro atoms. The summed E-state index contributed by atoms with van der Waals surface area (Å²) in [6.45, 7) is -0.304. The van der Waals surface area contributed by atoms with Crippen LogP contribution in [0.5, 0.6) is 0 Å². The molecule has 0 aliphatic rings. The van der Waals surface area contributed by atoms with E-state index in [4.69, 9.17) is 23.2 Å². The molecule has 7 heteroatoms. The summed E-state index contributed by atoms with van der Waals surface area (Å²) in [5, 5.41) is 5.65. The summed E-state index contributed by atoms with van der Waals surface area (Å²) in [6.07, 6.45) is 0. The predicted octanol–water partition coefficient (Wildman–Crippen LogP) is 4.32. The van der Waals surface area contributed by atoms with E-state index in [1.54, 1.807) is 0 Å². The topological polar surface area (TPSA) is 41.1 Å². The molecule has 0 bridgehead atoms. The van der Waals surface area contributed by atoms with E-state index in [0.29, 0.717) is 15.7 Å². The molecular formula is C14H10Cl2F2N2O. The molecule has 0 heterocycles. The number of hydrogen-bond donors (Lipinski definition) is 2. The Balaban J connectivity index is 1.99. The Bertz CT molecular complexity index is 640. The molecule has 3 nitrogen and oxygen atoms in total. The zero-order valence-corrected chi connectivity index (χ0v) is 12.1. The maximum atomic E-state index is 13.4. The van der Waals surface area contributed by atoms with Crippen molar-refractivity contribution in [2.45, 2.75) is 0 Å². The van der Waals surface area contributed by atoms with Gasteiger partial charge in [0.05, 0.1) is 6.54 Å². The number of anilines is 2. The molecule has 2 N–H and O–H groups in total. The monoisotopic (exact) mass is 330 g/mol. The predicted molar refractivity (Wildman–Crippen MR) is 79.9 cm³/mol. The highest BCUT2D eigenvalue weighted by atomic mass is 35.5. The molecule has 1 amide bonds. The van der Waals surface area contributed by atoms with Gasteiger partial charge in [-0.2, -0.15) is 0 Å². The molecule has 2 aromatic rings. The van der Waals surface area contributed by atoms with Gasteiger partial charge in [0.1, 0.15) is 17.3 Å². The van der Waals surface area contributed by atoms with Gasteiger partial charge in [0.2, 0.25) is 5.91 Å². The van der Waals surface area contributed by atoms with Crippen molar-refractivity contribution in [3.8, 4) is 0 Å². The molecule has 2 rings (SSSR count). The normalized spacial score (nSPS) is 10.3. The fraction of sp³-hybridized carbons (Fsp3) is 0.0714. The van der Waals surface area contributed by atoms with Gasteiger partial charge in [0.25, 0.3) is 0 Å². The highest BCUT2D eigenvalue weighted by Gasteiger charge is 2.10. The van der Waals surface area contributed by atoms with Gasteiger partial charge >= 0.3 is 0 Å². The number of carbonyl (C=O) groups excluding carboxylic acids is 1. The molecule has 0 saturated heterocycles. The minimum atomic E-state index is -0.770. The number of halogens is 4. The van der Waals surface area contributed by atoms with Gasteiger partial charge in [-0.25, -0.2) is 8.78 Å². The molecular weight excluding hydrogens is 321 g/mol. The molecule has 0 aromatic heterocycles. The van der Waals surface area contributed by atoms with Gasteiger partial charge in [-0.15, -0.1) is 0 Å². The summed E-state index contributed by atoms with van der Waals surface area (Å²) in [4.78, 5) is 11.7. The van der Waals surface area contributed by atoms with Crippen LogP contribution in [0.25, 0.3) is 0 Å². The molecule has 0 radical (unpaired) electrons. The first-order valence-corrected chi connectivity index (χ1v) is 6.65. The Labute approximate surface area is 129 Å². The number of carbonyl (C=O) groups is 1. The minimum absolute atomic E-state index is 0.304. The number of nitrogens with one attached hydrogen (secondary N) is 2. The lowest BCUT2D eigenvalue weighted by Crippen LogP contribution is -2.22. The lowest BCUT2D eigenvalue weighted by molar-refractivity contribution is -0.114. The first-order valence-electron chi connectivity index (χ1n) is 5.89. The summed E-state index contributed by atoms with van der Waals surface area (Å²) in [5.41, 5.74) is 0.0464. The minimum Gasteiger partial charge on any atom is -0.371 e. The lowest BCUT2D eigenvalue weighted by Gasteiger charge is -2.09. The number of amides is 1. The van der Waals surface area contributed by atoms with E-state index in [1.807, 2.05) is 0 Å². The molecule has 0 aliphatic heterocycles. The third-order valence-corrected chi connectivity index (χ3v) is 2.97. The maximum Gasteiger partial charge on any atom is 0.243 e. The summed E-state index contributed by atoms with van der Waals surface area (Å²) in [5.74, 6) is -2.03. The van der Waals surface area contributed by atoms with Gasteiger partial charge in [0, 0.05) is 15.7 Å². The van der Waals surface area contributed by atoms with E-state index < -0.39 is 17.5 Å². The molecule has 0 atom stereocenters. The van der Waals surface area contributed by atoms with Gasteiger partial charge in [-0.3, -0.25) is 4.79 Å². The van der Waals surface area contributed by atoms with Crippen molar-refractivity contribution in [1.29, 1.82) is 0 Å². The van der Waals surface area contributed by atoms with Gasteiger partial charge in [-0.05, 0) is 30.3 Å². The highest BCUT2D eigenvalue weighted by Crippen LogP contribution is 2.22. The number of para-hydroxylation sites is 1. The third kappa shape index (κ3) is 4.31. The Kier molecular flexibility index (Phi) is 4.98. The second-order valence-electron chi connectivity index (χ2n) is 4.16. The van der Waals surface area contributed by atoms with Crippen LogP contribution in [0.4, 0.5) is 20.2 Å². The molecule has 0 fully saturated rings. The Morgan fingerprint density at radius 3 is 2.19 bits per heavy atom. The third-order valence-electron chi connectivity index (χ3n) is 2.53. The van der Waals surface area contributed by atoms with E-state index in [2.05, 4.69) is 10.6 Å². The second-order valence-corrected chi connectivity index (χ2v) is 5.03. The molecule has 21 heavy (non-hydrogen) atoms. The summed E-state index contributed by atoms with van der Waals surface area (Å²) in [6, 6.07) is 7.97. The van der Waals surface area contributed by atoms with Crippen LogP contribution >= 0.6 is 23.2 Å². The van der Waals surface area contributed by atoms with Crippen LogP contribution in [0.2, 0.25) is 10.0 Å². The van der Waals surface area contributed by atoms with E-state index >= 15 is 0 Å². The van der Waals surface area contributed by atoms with Gasteiger partial charge in [0.15, 0.2) is 0 Å². The molecule has 0 unspecified atom stereocenters. The first kappa shape index (κ1) is 15.5. The van der Waals surface area contributed by atoms with Crippen LogP contribution in [0, 0.1) is 11.6 Å². The molecule has 0 saturated carbocycles. The molecule has 0 aliphatic carbocycles. The zero-order valence-electron chi connectivity index (χ0n) is 10.6. The van der Waals surface area contributed by atoms with Crippen molar-refractivity contribution in [1.82, 2.24) is 0 Å². The Morgan fingerprint density at radius 2 is 1.62 bits per heavy atom. The Morgan fingerprint density at radius 1 is 1.05 bits per heavy atom. The van der Waals surface area contributed by atoms with Crippen LogP contribution in [-0.4, -0.2) is 12.5 Å². The van der Waals surface area contributed by atoms with Gasteiger partial charge in [-0.1, -0.05) is 29.3 Å². The van der Waals surface area contributed by atoms with Crippen molar-refractivity contribution in [2.75, 3.05) is 17.2 Å². The lowest BCUT2D eigenvalue weighted by atomic mass is 10.3. The van der Waals surface area contributed by atoms with Crippen LogP contribution in [0.3, 0.4) is 0 Å². The van der Waals surface area contributed by atoms with Crippen molar-refractivity contribution in [2.24, 2.45) is 0 Å². The number of rotatable bonds is 4. The SMILES string of the molecule is O=C(CNc1c(F)cccc1F)Nc1cc(Cl)cc(Cl)c1. The van der Waals surface area contributed by atoms with Crippen molar-refractivity contribution >= 4 is 40.5 Å². The maximum absolute atomic E-state index is 13.4. The smallest absolute Gasteiger partial charge is 0.243 e. The standard InChI is InChI=1S/C14H10Cl2F2N2O/c15-8-4-9(16)6-10(5-8)20-13(21)7-19-14-11(17)2-1-3-12(14)18/h1-6,19H,7H2,(H,20,21). The summed E-state index contributed by atoms with van der Waals surface area (Å²) >= 11 is 11.6. The second kappa shape index (κ2) is 6.74. The Hall–Kier alpha value is -1.85. The quantitative estimate of drug-likeness (QED) is 0.876. The first-order chi connectivity index (χ1) is 9.95. The fourth-order valence-electron chi connectivity index (χ4n) is 1.67. The van der Waals surface area contributed by atoms with E-state index in [0.717, 1.165) is 12.1 Å². The van der Waals surface area contributed by atoms with E-state index in [9.17, 15) is 13.6 Å².